The maximum Gasteiger partial charge on any atom is 0.251 e. The largest absolute Gasteiger partial charge is 0.507 e. The van der Waals surface area contributed by atoms with Crippen LogP contribution in [0, 0.1) is 5.82 Å². The Morgan fingerprint density at radius 1 is 0.976 bits per heavy atom. The first kappa shape index (κ1) is 26.3. The zero-order valence-electron chi connectivity index (χ0n) is 22.0. The number of amides is 1. The van der Waals surface area contributed by atoms with Crippen molar-refractivity contribution in [2.75, 3.05) is 5.73 Å². The van der Waals surface area contributed by atoms with E-state index in [-0.39, 0.29) is 29.3 Å². The predicted molar refractivity (Wildman–Crippen MR) is 157 cm³/mol. The van der Waals surface area contributed by atoms with Gasteiger partial charge >= 0.3 is 0 Å². The van der Waals surface area contributed by atoms with E-state index >= 15 is 0 Å². The van der Waals surface area contributed by atoms with Gasteiger partial charge in [-0.1, -0.05) is 12.1 Å². The third-order valence-electron chi connectivity index (χ3n) is 6.85. The van der Waals surface area contributed by atoms with Gasteiger partial charge in [-0.25, -0.2) is 9.37 Å². The average Bonchev–Trinajstić information content (AvgIpc) is 3.39. The number of fused-ring (bicyclic) bond motifs is 1. The fraction of sp³-hybridized carbons (Fsp3) is 0.0312. The smallest absolute Gasteiger partial charge is 0.251 e. The third kappa shape index (κ3) is 5.04. The number of aldehydes is 1. The monoisotopic (exact) mass is 558 g/mol. The van der Waals surface area contributed by atoms with Gasteiger partial charge in [0.25, 0.3) is 5.91 Å². The minimum absolute atomic E-state index is 0.0452. The topological polar surface area (TPSA) is 136 Å². The van der Waals surface area contributed by atoms with Gasteiger partial charge in [-0.05, 0) is 72.3 Å². The molecule has 42 heavy (non-hydrogen) atoms. The molecule has 0 atom stereocenters. The van der Waals surface area contributed by atoms with Crippen LogP contribution in [0.15, 0.2) is 97.5 Å². The number of nitrogen functional groups attached to an aromatic ring is 1. The molecule has 4 heterocycles. The summed E-state index contributed by atoms with van der Waals surface area (Å²) in [6, 6.07) is 22.3. The molecule has 206 valence electrons. The van der Waals surface area contributed by atoms with Crippen molar-refractivity contribution in [3.63, 3.8) is 0 Å². The van der Waals surface area contributed by atoms with Crippen LogP contribution in [0.2, 0.25) is 0 Å². The predicted octanol–water partition coefficient (Wildman–Crippen LogP) is 5.32. The second-order valence-electron chi connectivity index (χ2n) is 9.53. The normalized spacial score (nSPS) is 11.0. The number of pyridine rings is 3. The quantitative estimate of drug-likeness (QED) is 0.226. The number of carbonyl (C=O) groups excluding carboxylic acids is 2. The Morgan fingerprint density at radius 2 is 1.81 bits per heavy atom. The average molecular weight is 559 g/mol. The molecule has 0 aliphatic rings. The lowest BCUT2D eigenvalue weighted by Crippen LogP contribution is -2.22. The van der Waals surface area contributed by atoms with Gasteiger partial charge in [0.1, 0.15) is 17.4 Å². The van der Waals surface area contributed by atoms with E-state index in [0.29, 0.717) is 17.8 Å². The molecule has 0 saturated carbocycles. The molecule has 0 saturated heterocycles. The number of anilines is 1. The van der Waals surface area contributed by atoms with E-state index in [1.165, 1.54) is 30.5 Å². The van der Waals surface area contributed by atoms with Gasteiger partial charge in [0.2, 0.25) is 0 Å². The van der Waals surface area contributed by atoms with Crippen molar-refractivity contribution < 1.29 is 19.1 Å². The maximum atomic E-state index is 13.5. The fourth-order valence-corrected chi connectivity index (χ4v) is 4.71. The second kappa shape index (κ2) is 10.9. The Morgan fingerprint density at radius 3 is 2.55 bits per heavy atom. The number of carbonyl (C=O) groups is 2. The zero-order valence-corrected chi connectivity index (χ0v) is 22.0. The molecular formula is C32H23FN6O3. The number of aromatic nitrogens is 4. The summed E-state index contributed by atoms with van der Waals surface area (Å²) in [7, 11) is 0. The van der Waals surface area contributed by atoms with Crippen LogP contribution in [-0.2, 0) is 6.54 Å². The Kier molecular flexibility index (Phi) is 6.85. The highest BCUT2D eigenvalue weighted by Gasteiger charge is 2.17. The molecule has 6 rings (SSSR count). The molecule has 0 fully saturated rings. The first-order chi connectivity index (χ1) is 20.4. The minimum atomic E-state index is -0.421. The first-order valence-corrected chi connectivity index (χ1v) is 12.9. The van der Waals surface area contributed by atoms with Crippen molar-refractivity contribution in [1.29, 1.82) is 0 Å². The summed E-state index contributed by atoms with van der Waals surface area (Å²) in [6.07, 6.45) is 4.99. The maximum absolute atomic E-state index is 13.5. The molecule has 0 unspecified atom stereocenters. The Hall–Kier alpha value is -5.90. The number of nitrogens with one attached hydrogen (secondary N) is 1. The van der Waals surface area contributed by atoms with Gasteiger partial charge in [0, 0.05) is 41.3 Å². The molecular weight excluding hydrogens is 535 g/mol. The summed E-state index contributed by atoms with van der Waals surface area (Å²) in [6.45, 7) is 0.243. The lowest BCUT2D eigenvalue weighted by atomic mass is 10.1. The first-order valence-electron chi connectivity index (χ1n) is 12.9. The number of nitrogens with two attached hydrogens (primary N) is 1. The van der Waals surface area contributed by atoms with E-state index in [1.54, 1.807) is 18.5 Å². The Bertz CT molecular complexity index is 1950. The molecule has 2 aromatic carbocycles. The van der Waals surface area contributed by atoms with Crippen molar-refractivity contribution in [3.05, 3.63) is 120 Å². The van der Waals surface area contributed by atoms with E-state index in [9.17, 15) is 19.1 Å². The van der Waals surface area contributed by atoms with E-state index in [1.807, 2.05) is 53.1 Å². The molecule has 0 aliphatic carbocycles. The van der Waals surface area contributed by atoms with E-state index < -0.39 is 5.82 Å². The summed E-state index contributed by atoms with van der Waals surface area (Å²) in [4.78, 5) is 36.8. The fourth-order valence-electron chi connectivity index (χ4n) is 4.71. The van der Waals surface area contributed by atoms with Crippen LogP contribution in [0.1, 0.15) is 26.3 Å². The Labute approximate surface area is 239 Å². The number of rotatable bonds is 7. The number of hydrogen-bond acceptors (Lipinski definition) is 7. The van der Waals surface area contributed by atoms with Crippen molar-refractivity contribution in [2.45, 2.75) is 6.54 Å². The van der Waals surface area contributed by atoms with E-state index in [4.69, 9.17) is 5.73 Å². The van der Waals surface area contributed by atoms with Crippen molar-refractivity contribution in [1.82, 2.24) is 24.8 Å². The summed E-state index contributed by atoms with van der Waals surface area (Å²) < 4.78 is 15.5. The number of halogens is 1. The van der Waals surface area contributed by atoms with Gasteiger partial charge in [0.15, 0.2) is 6.29 Å². The van der Waals surface area contributed by atoms with E-state index in [2.05, 4.69) is 20.3 Å². The number of phenolic OH excluding ortho intramolecular Hbond substituents is 1. The Balaban J connectivity index is 1.35. The van der Waals surface area contributed by atoms with Crippen LogP contribution in [-0.4, -0.2) is 36.8 Å². The van der Waals surface area contributed by atoms with Gasteiger partial charge in [-0.2, -0.15) is 0 Å². The zero-order chi connectivity index (χ0) is 29.2. The molecule has 10 heteroatoms. The van der Waals surface area contributed by atoms with Crippen LogP contribution in [0.5, 0.6) is 5.75 Å². The van der Waals surface area contributed by atoms with Crippen LogP contribution < -0.4 is 11.1 Å². The van der Waals surface area contributed by atoms with Crippen LogP contribution in [0.4, 0.5) is 10.2 Å². The summed E-state index contributed by atoms with van der Waals surface area (Å²) >= 11 is 0. The van der Waals surface area contributed by atoms with Gasteiger partial charge in [-0.3, -0.25) is 19.6 Å². The number of phenols is 1. The molecule has 0 bridgehead atoms. The molecule has 0 radical (unpaired) electrons. The summed E-state index contributed by atoms with van der Waals surface area (Å²) in [5.41, 5.74) is 12.6. The molecule has 0 spiro atoms. The van der Waals surface area contributed by atoms with Crippen molar-refractivity contribution in [2.24, 2.45) is 0 Å². The molecule has 6 aromatic rings. The molecule has 1 amide bonds. The lowest BCUT2D eigenvalue weighted by Gasteiger charge is -2.14. The van der Waals surface area contributed by atoms with Crippen LogP contribution in [0.25, 0.3) is 39.2 Å². The molecule has 4 N–H and O–H groups in total. The van der Waals surface area contributed by atoms with Gasteiger partial charge in [-0.15, -0.1) is 0 Å². The highest BCUT2D eigenvalue weighted by Crippen LogP contribution is 2.34. The number of aromatic hydroxyl groups is 1. The molecule has 4 aromatic heterocycles. The standard InChI is InChI=1S/C32H23FN6O3/c33-23-6-9-26(37-17-23)21-13-29-27(36-16-21)14-28(25-2-1-11-35-31(25)34)39(29)24-7-3-19(4-8-24)15-38-32(42)20-5-10-30(41)22(12-20)18-40/h1-14,16-18,41H,15H2,(H2,34,35)(H,38,42). The van der Waals surface area contributed by atoms with Gasteiger partial charge in [0.05, 0.1) is 34.2 Å². The SMILES string of the molecule is Nc1ncccc1-c1cc2ncc(-c3ccc(F)cn3)cc2n1-c1ccc(CNC(=O)c2ccc(O)c(C=O)c2)cc1. The molecule has 9 nitrogen and oxygen atoms in total. The number of benzene rings is 2. The van der Waals surface area contributed by atoms with Crippen molar-refractivity contribution >= 4 is 29.0 Å². The van der Waals surface area contributed by atoms with E-state index in [0.717, 1.165) is 39.1 Å². The molecule has 0 aliphatic heterocycles. The number of nitrogens with zero attached hydrogens (tertiary/aromatic N) is 4. The van der Waals surface area contributed by atoms with Crippen molar-refractivity contribution in [3.8, 4) is 34.0 Å². The summed E-state index contributed by atoms with van der Waals surface area (Å²) in [5, 5.41) is 12.5. The highest BCUT2D eigenvalue weighted by atomic mass is 19.1. The number of hydrogen-bond donors (Lipinski definition) is 3. The van der Waals surface area contributed by atoms with Gasteiger partial charge < -0.3 is 20.7 Å². The van der Waals surface area contributed by atoms with Crippen LogP contribution >= 0.6 is 0 Å². The summed E-state index contributed by atoms with van der Waals surface area (Å²) in [5.74, 6) is -0.608. The highest BCUT2D eigenvalue weighted by molar-refractivity contribution is 5.96. The second-order valence-corrected chi connectivity index (χ2v) is 9.53. The van der Waals surface area contributed by atoms with Crippen LogP contribution in [0.3, 0.4) is 0 Å². The third-order valence-corrected chi connectivity index (χ3v) is 6.85. The lowest BCUT2D eigenvalue weighted by molar-refractivity contribution is 0.0951. The minimum Gasteiger partial charge on any atom is -0.507 e.